The minimum Gasteiger partial charge on any atom is -0.478 e. The van der Waals surface area contributed by atoms with E-state index >= 15 is 0 Å². The predicted octanol–water partition coefficient (Wildman–Crippen LogP) is 3.32. The number of carbonyl (C=O) groups excluding carboxylic acids is 1. The Hall–Kier alpha value is -2.56. The molecule has 0 aromatic heterocycles. The van der Waals surface area contributed by atoms with Gasteiger partial charge in [-0.1, -0.05) is 48.6 Å². The molecule has 0 aliphatic heterocycles. The monoisotopic (exact) mass is 317 g/mol. The molecule has 0 spiro atoms. The zero-order valence-corrected chi connectivity index (χ0v) is 13.7. The number of carboxylic acid groups (broad SMARTS) is 1. The van der Waals surface area contributed by atoms with Gasteiger partial charge in [0.05, 0.1) is 6.04 Å². The summed E-state index contributed by atoms with van der Waals surface area (Å²) in [5.41, 5.74) is 0.481. The van der Waals surface area contributed by atoms with Crippen molar-refractivity contribution in [3.05, 3.63) is 60.2 Å². The average Bonchev–Trinajstić information content (AvgIpc) is 2.42. The Kier molecular flexibility index (Phi) is 7.06. The average molecular weight is 317 g/mol. The van der Waals surface area contributed by atoms with Crippen LogP contribution in [-0.2, 0) is 16.0 Å². The predicted molar refractivity (Wildman–Crippen MR) is 89.2 cm³/mol. The van der Waals surface area contributed by atoms with Crippen LogP contribution in [0.1, 0.15) is 26.3 Å². The summed E-state index contributed by atoms with van der Waals surface area (Å²) >= 11 is 0. The molecular weight excluding hydrogens is 294 g/mol. The molecule has 0 aliphatic rings. The van der Waals surface area contributed by atoms with E-state index in [-0.39, 0.29) is 6.04 Å². The van der Waals surface area contributed by atoms with Gasteiger partial charge in [-0.2, -0.15) is 0 Å². The number of hydrogen-bond donors (Lipinski definition) is 2. The first kappa shape index (κ1) is 18.5. The molecule has 0 bridgehead atoms. The van der Waals surface area contributed by atoms with E-state index in [9.17, 15) is 9.59 Å². The van der Waals surface area contributed by atoms with Gasteiger partial charge >= 0.3 is 12.1 Å². The molecule has 1 aromatic carbocycles. The summed E-state index contributed by atoms with van der Waals surface area (Å²) in [4.78, 5) is 22.4. The highest BCUT2D eigenvalue weighted by Crippen LogP contribution is 2.09. The van der Waals surface area contributed by atoms with Gasteiger partial charge in [-0.05, 0) is 32.8 Å². The minimum absolute atomic E-state index is 0.300. The summed E-state index contributed by atoms with van der Waals surface area (Å²) in [6, 6.07) is 9.40. The molecule has 0 aliphatic carbocycles. The third kappa shape index (κ3) is 9.14. The van der Waals surface area contributed by atoms with Gasteiger partial charge in [0.1, 0.15) is 5.60 Å². The maximum Gasteiger partial charge on any atom is 0.408 e. The van der Waals surface area contributed by atoms with Crippen LogP contribution >= 0.6 is 0 Å². The number of ether oxygens (including phenoxy) is 1. The van der Waals surface area contributed by atoms with Crippen molar-refractivity contribution in [1.82, 2.24) is 5.32 Å². The third-order valence-electron chi connectivity index (χ3n) is 2.69. The minimum atomic E-state index is -1.02. The van der Waals surface area contributed by atoms with E-state index in [0.717, 1.165) is 11.6 Å². The van der Waals surface area contributed by atoms with Gasteiger partial charge < -0.3 is 15.2 Å². The first-order chi connectivity index (χ1) is 10.8. The molecule has 0 saturated heterocycles. The molecule has 1 rings (SSSR count). The van der Waals surface area contributed by atoms with Crippen LogP contribution in [0.15, 0.2) is 54.6 Å². The fraction of sp³-hybridized carbons (Fsp3) is 0.333. The molecule has 0 heterocycles. The van der Waals surface area contributed by atoms with E-state index in [4.69, 9.17) is 9.84 Å². The van der Waals surface area contributed by atoms with Crippen molar-refractivity contribution in [1.29, 1.82) is 0 Å². The van der Waals surface area contributed by atoms with Crippen LogP contribution in [0.5, 0.6) is 0 Å². The number of rotatable bonds is 6. The number of aliphatic carboxylic acids is 1. The van der Waals surface area contributed by atoms with Gasteiger partial charge in [0, 0.05) is 6.08 Å². The van der Waals surface area contributed by atoms with Gasteiger partial charge in [0.2, 0.25) is 0 Å². The van der Waals surface area contributed by atoms with Crippen LogP contribution in [0, 0.1) is 0 Å². The van der Waals surface area contributed by atoms with Crippen molar-refractivity contribution in [3.63, 3.8) is 0 Å². The summed E-state index contributed by atoms with van der Waals surface area (Å²) in [6.07, 6.45) is 5.85. The first-order valence-corrected chi connectivity index (χ1v) is 7.37. The van der Waals surface area contributed by atoms with Crippen LogP contribution < -0.4 is 5.32 Å². The molecule has 23 heavy (non-hydrogen) atoms. The largest absolute Gasteiger partial charge is 0.478 e. The van der Waals surface area contributed by atoms with Gasteiger partial charge in [0.15, 0.2) is 0 Å². The number of amides is 1. The molecule has 5 heteroatoms. The Labute approximate surface area is 136 Å². The number of carboxylic acids is 1. The normalized spacial score (nSPS) is 13.2. The molecule has 1 aromatic rings. The number of alkyl carbamates (subject to hydrolysis) is 1. The molecule has 1 atom stereocenters. The summed E-state index contributed by atoms with van der Waals surface area (Å²) in [5.74, 6) is -1.02. The Morgan fingerprint density at radius 3 is 2.43 bits per heavy atom. The fourth-order valence-corrected chi connectivity index (χ4v) is 1.83. The summed E-state index contributed by atoms with van der Waals surface area (Å²) in [7, 11) is 0. The maximum absolute atomic E-state index is 11.9. The van der Waals surface area contributed by atoms with Gasteiger partial charge in [-0.15, -0.1) is 0 Å². The Morgan fingerprint density at radius 1 is 1.22 bits per heavy atom. The molecule has 5 nitrogen and oxygen atoms in total. The van der Waals surface area contributed by atoms with Crippen LogP contribution in [0.4, 0.5) is 4.79 Å². The highest BCUT2D eigenvalue weighted by atomic mass is 16.6. The van der Waals surface area contributed by atoms with Crippen molar-refractivity contribution in [2.75, 3.05) is 0 Å². The van der Waals surface area contributed by atoms with Crippen LogP contribution in [0.25, 0.3) is 0 Å². The van der Waals surface area contributed by atoms with Crippen LogP contribution in [0.2, 0.25) is 0 Å². The fourth-order valence-electron chi connectivity index (χ4n) is 1.83. The van der Waals surface area contributed by atoms with Crippen LogP contribution in [0.3, 0.4) is 0 Å². The van der Waals surface area contributed by atoms with Crippen molar-refractivity contribution in [3.8, 4) is 0 Å². The molecule has 1 unspecified atom stereocenters. The summed E-state index contributed by atoms with van der Waals surface area (Å²) in [6.45, 7) is 5.39. The highest BCUT2D eigenvalue weighted by molar-refractivity contribution is 5.80. The lowest BCUT2D eigenvalue weighted by Gasteiger charge is -2.22. The number of allylic oxidation sites excluding steroid dienone is 2. The zero-order chi connectivity index (χ0) is 17.3. The molecule has 0 fully saturated rings. The van der Waals surface area contributed by atoms with E-state index in [1.807, 2.05) is 30.3 Å². The second-order valence-corrected chi connectivity index (χ2v) is 6.02. The van der Waals surface area contributed by atoms with E-state index in [2.05, 4.69) is 5.32 Å². The number of nitrogens with one attached hydrogen (secondary N) is 1. The van der Waals surface area contributed by atoms with Crippen molar-refractivity contribution in [2.45, 2.75) is 38.8 Å². The maximum atomic E-state index is 11.9. The van der Waals surface area contributed by atoms with E-state index in [0.29, 0.717) is 6.42 Å². The molecule has 1 amide bonds. The van der Waals surface area contributed by atoms with E-state index in [1.54, 1.807) is 32.9 Å². The lowest BCUT2D eigenvalue weighted by Crippen LogP contribution is -2.39. The lowest BCUT2D eigenvalue weighted by atomic mass is 10.1. The third-order valence-corrected chi connectivity index (χ3v) is 2.69. The van der Waals surface area contributed by atoms with Crippen molar-refractivity contribution in [2.24, 2.45) is 0 Å². The van der Waals surface area contributed by atoms with E-state index < -0.39 is 17.7 Å². The highest BCUT2D eigenvalue weighted by Gasteiger charge is 2.18. The first-order valence-electron chi connectivity index (χ1n) is 7.37. The Balaban J connectivity index is 2.75. The quantitative estimate of drug-likeness (QED) is 0.623. The molecular formula is C18H23NO4. The Morgan fingerprint density at radius 2 is 1.87 bits per heavy atom. The van der Waals surface area contributed by atoms with Gasteiger partial charge in [-0.3, -0.25) is 0 Å². The standard InChI is InChI=1S/C18H23NO4/c1-18(2,3)23-17(22)19-15(11-7-8-12-16(20)21)13-14-9-5-4-6-10-14/h4-12,15H,13H2,1-3H3,(H,19,22)(H,20,21)/b11-7+,12-8+. The molecule has 124 valence electrons. The topological polar surface area (TPSA) is 75.6 Å². The zero-order valence-electron chi connectivity index (χ0n) is 13.7. The number of hydrogen-bond acceptors (Lipinski definition) is 3. The Bertz CT molecular complexity index is 570. The van der Waals surface area contributed by atoms with E-state index in [1.165, 1.54) is 6.08 Å². The number of benzene rings is 1. The SMILES string of the molecule is CC(C)(C)OC(=O)NC(/C=C/C=C/C(=O)O)Cc1ccccc1. The summed E-state index contributed by atoms with van der Waals surface area (Å²) in [5, 5.41) is 11.4. The second-order valence-electron chi connectivity index (χ2n) is 6.02. The molecule has 0 radical (unpaired) electrons. The van der Waals surface area contributed by atoms with Gasteiger partial charge in [0.25, 0.3) is 0 Å². The molecule has 0 saturated carbocycles. The smallest absolute Gasteiger partial charge is 0.408 e. The number of carbonyl (C=O) groups is 2. The van der Waals surface area contributed by atoms with Crippen molar-refractivity contribution < 1.29 is 19.4 Å². The second kappa shape index (κ2) is 8.78. The van der Waals surface area contributed by atoms with Crippen LogP contribution in [-0.4, -0.2) is 28.8 Å². The van der Waals surface area contributed by atoms with Crippen molar-refractivity contribution >= 4 is 12.1 Å². The summed E-state index contributed by atoms with van der Waals surface area (Å²) < 4.78 is 5.25. The lowest BCUT2D eigenvalue weighted by molar-refractivity contribution is -0.131. The van der Waals surface area contributed by atoms with Gasteiger partial charge in [-0.25, -0.2) is 9.59 Å². The molecule has 2 N–H and O–H groups in total.